The number of sulfonamides is 1. The maximum Gasteiger partial charge on any atom is 0.251 e. The molecule has 0 aliphatic rings. The number of hydrogen-bond acceptors (Lipinski definition) is 4. The van der Waals surface area contributed by atoms with Crippen molar-refractivity contribution in [3.8, 4) is 0 Å². The molecule has 112 valence electrons. The Bertz CT molecular complexity index is 609. The molecule has 0 aromatic heterocycles. The molecule has 0 unspecified atom stereocenters. The number of anilines is 1. The molecule has 20 heavy (non-hydrogen) atoms. The lowest BCUT2D eigenvalue weighted by atomic mass is 10.0. The molecule has 1 aromatic rings. The van der Waals surface area contributed by atoms with Gasteiger partial charge in [0.15, 0.2) is 0 Å². The lowest BCUT2D eigenvalue weighted by Crippen LogP contribution is -2.51. The summed E-state index contributed by atoms with van der Waals surface area (Å²) < 4.78 is 24.9. The molecule has 0 bridgehead atoms. The van der Waals surface area contributed by atoms with Crippen LogP contribution in [-0.2, 0) is 10.0 Å². The van der Waals surface area contributed by atoms with E-state index in [2.05, 4.69) is 10.0 Å². The number of benzene rings is 1. The molecule has 0 fully saturated rings. The fourth-order valence-electron chi connectivity index (χ4n) is 1.83. The van der Waals surface area contributed by atoms with Crippen molar-refractivity contribution < 1.29 is 13.2 Å². The van der Waals surface area contributed by atoms with Crippen molar-refractivity contribution >= 4 is 21.6 Å². The van der Waals surface area contributed by atoms with Crippen molar-refractivity contribution in [3.63, 3.8) is 0 Å². The lowest BCUT2D eigenvalue weighted by molar-refractivity contribution is 0.0944. The first-order chi connectivity index (χ1) is 9.02. The number of rotatable bonds is 5. The third kappa shape index (κ3) is 4.82. The van der Waals surface area contributed by atoms with Crippen LogP contribution in [0.4, 0.5) is 5.69 Å². The maximum atomic E-state index is 12.1. The van der Waals surface area contributed by atoms with Crippen LogP contribution in [0.5, 0.6) is 0 Å². The molecule has 1 aromatic carbocycles. The topological polar surface area (TPSA) is 101 Å². The van der Waals surface area contributed by atoms with Gasteiger partial charge in [-0.3, -0.25) is 4.79 Å². The number of amides is 1. The van der Waals surface area contributed by atoms with Gasteiger partial charge in [-0.1, -0.05) is 6.07 Å². The van der Waals surface area contributed by atoms with Crippen LogP contribution in [0, 0.1) is 6.92 Å². The minimum atomic E-state index is -3.33. The zero-order valence-electron chi connectivity index (χ0n) is 12.1. The van der Waals surface area contributed by atoms with E-state index in [-0.39, 0.29) is 12.5 Å². The molecule has 1 rings (SSSR count). The minimum Gasteiger partial charge on any atom is -0.398 e. The largest absolute Gasteiger partial charge is 0.398 e. The summed E-state index contributed by atoms with van der Waals surface area (Å²) in [5.74, 6) is -0.279. The average molecular weight is 299 g/mol. The van der Waals surface area contributed by atoms with Crippen molar-refractivity contribution in [1.82, 2.24) is 10.0 Å². The smallest absolute Gasteiger partial charge is 0.251 e. The van der Waals surface area contributed by atoms with Crippen LogP contribution >= 0.6 is 0 Å². The molecule has 6 nitrogen and oxygen atoms in total. The summed E-state index contributed by atoms with van der Waals surface area (Å²) in [6.45, 7) is 5.33. The van der Waals surface area contributed by atoms with Gasteiger partial charge in [-0.2, -0.15) is 0 Å². The molecule has 1 amide bonds. The van der Waals surface area contributed by atoms with E-state index in [1.807, 2.05) is 0 Å². The Morgan fingerprint density at radius 2 is 1.95 bits per heavy atom. The second-order valence-corrected chi connectivity index (χ2v) is 7.21. The highest BCUT2D eigenvalue weighted by atomic mass is 32.2. The lowest BCUT2D eigenvalue weighted by Gasteiger charge is -2.25. The van der Waals surface area contributed by atoms with Gasteiger partial charge >= 0.3 is 0 Å². The zero-order chi connectivity index (χ0) is 15.6. The van der Waals surface area contributed by atoms with Crippen LogP contribution in [0.25, 0.3) is 0 Å². The van der Waals surface area contributed by atoms with Crippen LogP contribution in [-0.4, -0.2) is 32.7 Å². The highest BCUT2D eigenvalue weighted by molar-refractivity contribution is 7.88. The Hall–Kier alpha value is -1.60. The van der Waals surface area contributed by atoms with E-state index < -0.39 is 15.6 Å². The number of carbonyl (C=O) groups is 1. The van der Waals surface area contributed by atoms with Gasteiger partial charge in [0.25, 0.3) is 5.91 Å². The van der Waals surface area contributed by atoms with E-state index in [1.165, 1.54) is 0 Å². The number of nitrogen functional groups attached to an aromatic ring is 1. The Balaban J connectivity index is 2.75. The quantitative estimate of drug-likeness (QED) is 0.694. The highest BCUT2D eigenvalue weighted by Gasteiger charge is 2.23. The summed E-state index contributed by atoms with van der Waals surface area (Å²) in [6, 6.07) is 5.11. The number of nitrogens with one attached hydrogen (secondary N) is 2. The normalized spacial score (nSPS) is 12.2. The van der Waals surface area contributed by atoms with Gasteiger partial charge in [0.1, 0.15) is 0 Å². The minimum absolute atomic E-state index is 0.174. The van der Waals surface area contributed by atoms with Gasteiger partial charge in [-0.15, -0.1) is 0 Å². The van der Waals surface area contributed by atoms with Crippen LogP contribution in [0.1, 0.15) is 29.8 Å². The van der Waals surface area contributed by atoms with E-state index in [1.54, 1.807) is 39.0 Å². The number of nitrogens with two attached hydrogens (primary N) is 1. The van der Waals surface area contributed by atoms with Crippen LogP contribution < -0.4 is 15.8 Å². The Morgan fingerprint density at radius 3 is 2.50 bits per heavy atom. The van der Waals surface area contributed by atoms with Gasteiger partial charge < -0.3 is 11.1 Å². The van der Waals surface area contributed by atoms with Crippen molar-refractivity contribution in [3.05, 3.63) is 29.3 Å². The van der Waals surface area contributed by atoms with E-state index in [9.17, 15) is 13.2 Å². The van der Waals surface area contributed by atoms with E-state index in [0.717, 1.165) is 6.26 Å². The second-order valence-electron chi connectivity index (χ2n) is 5.46. The first-order valence-electron chi connectivity index (χ1n) is 6.14. The molecule has 0 aliphatic carbocycles. The summed E-state index contributed by atoms with van der Waals surface area (Å²) in [5.41, 5.74) is 6.73. The number of hydrogen-bond donors (Lipinski definition) is 3. The molecule has 4 N–H and O–H groups in total. The fourth-order valence-corrected chi connectivity index (χ4v) is 2.91. The molecule has 0 saturated heterocycles. The fraction of sp³-hybridized carbons (Fsp3) is 0.462. The molecule has 0 radical (unpaired) electrons. The van der Waals surface area contributed by atoms with Crippen molar-refractivity contribution in [2.75, 3.05) is 18.5 Å². The van der Waals surface area contributed by atoms with Gasteiger partial charge in [-0.05, 0) is 38.5 Å². The second kappa shape index (κ2) is 5.80. The first-order valence-corrected chi connectivity index (χ1v) is 8.03. The maximum absolute atomic E-state index is 12.1. The SMILES string of the molecule is Cc1c(N)cccc1C(=O)NCC(C)(C)NS(C)(=O)=O. The van der Waals surface area contributed by atoms with Crippen molar-refractivity contribution in [1.29, 1.82) is 0 Å². The van der Waals surface area contributed by atoms with Crippen LogP contribution in [0.15, 0.2) is 18.2 Å². The van der Waals surface area contributed by atoms with E-state index in [4.69, 9.17) is 5.73 Å². The molecule has 0 atom stereocenters. The molecule has 0 saturated carbocycles. The van der Waals surface area contributed by atoms with Gasteiger partial charge in [0.2, 0.25) is 10.0 Å². The molecule has 0 aliphatic heterocycles. The van der Waals surface area contributed by atoms with Crippen molar-refractivity contribution in [2.45, 2.75) is 26.3 Å². The summed E-state index contributed by atoms with van der Waals surface area (Å²) in [6.07, 6.45) is 1.08. The summed E-state index contributed by atoms with van der Waals surface area (Å²) in [7, 11) is -3.33. The third-order valence-electron chi connectivity index (χ3n) is 2.77. The summed E-state index contributed by atoms with van der Waals surface area (Å²) >= 11 is 0. The number of carbonyl (C=O) groups excluding carboxylic acids is 1. The molecule has 0 spiro atoms. The standard InChI is InChI=1S/C13H21N3O3S/c1-9-10(6-5-7-11(9)14)12(17)15-8-13(2,3)16-20(4,18)19/h5-7,16H,8,14H2,1-4H3,(H,15,17). The molecule has 0 heterocycles. The van der Waals surface area contributed by atoms with Crippen LogP contribution in [0.3, 0.4) is 0 Å². The van der Waals surface area contributed by atoms with Gasteiger partial charge in [0.05, 0.1) is 6.26 Å². The molecule has 7 heteroatoms. The Morgan fingerprint density at radius 1 is 1.35 bits per heavy atom. The predicted molar refractivity (Wildman–Crippen MR) is 80.0 cm³/mol. The third-order valence-corrected chi connectivity index (χ3v) is 3.70. The highest BCUT2D eigenvalue weighted by Crippen LogP contribution is 2.15. The first kappa shape index (κ1) is 16.5. The van der Waals surface area contributed by atoms with Gasteiger partial charge in [0, 0.05) is 23.3 Å². The van der Waals surface area contributed by atoms with E-state index >= 15 is 0 Å². The monoisotopic (exact) mass is 299 g/mol. The molecular formula is C13H21N3O3S. The van der Waals surface area contributed by atoms with E-state index in [0.29, 0.717) is 16.8 Å². The van der Waals surface area contributed by atoms with Gasteiger partial charge in [-0.25, -0.2) is 13.1 Å². The predicted octanol–water partition coefficient (Wildman–Crippen LogP) is 0.635. The average Bonchev–Trinajstić information content (AvgIpc) is 2.27. The molecular weight excluding hydrogens is 278 g/mol. The Labute approximate surface area is 119 Å². The summed E-state index contributed by atoms with van der Waals surface area (Å²) in [4.78, 5) is 12.1. The zero-order valence-corrected chi connectivity index (χ0v) is 13.0. The Kier molecular flexibility index (Phi) is 4.77. The summed E-state index contributed by atoms with van der Waals surface area (Å²) in [5, 5.41) is 2.71. The van der Waals surface area contributed by atoms with Crippen molar-refractivity contribution in [2.24, 2.45) is 0 Å². The van der Waals surface area contributed by atoms with Crippen LogP contribution in [0.2, 0.25) is 0 Å².